The number of hydrogen-bond donors (Lipinski definition) is 0. The van der Waals surface area contributed by atoms with Gasteiger partial charge < -0.3 is 4.90 Å². The highest BCUT2D eigenvalue weighted by Crippen LogP contribution is 2.20. The third-order valence-corrected chi connectivity index (χ3v) is 3.41. The average Bonchev–Trinajstić information content (AvgIpc) is 2.37. The molecule has 0 unspecified atom stereocenters. The minimum Gasteiger partial charge on any atom is -0.369 e. The van der Waals surface area contributed by atoms with Gasteiger partial charge >= 0.3 is 0 Å². The lowest BCUT2D eigenvalue weighted by molar-refractivity contribution is 0.284. The molecule has 1 aliphatic rings. The molecule has 1 aliphatic heterocycles. The zero-order valence-electron chi connectivity index (χ0n) is 9.65. The van der Waals surface area contributed by atoms with Crippen molar-refractivity contribution in [2.24, 2.45) is 0 Å². The maximum Gasteiger partial charge on any atom is 0.0426 e. The van der Waals surface area contributed by atoms with Crippen molar-refractivity contribution in [3.63, 3.8) is 0 Å². The Balaban J connectivity index is 1.90. The van der Waals surface area contributed by atoms with Gasteiger partial charge in [0.05, 0.1) is 0 Å². The molecule has 2 nitrogen and oxygen atoms in total. The second-order valence-electron chi connectivity index (χ2n) is 4.13. The molecule has 1 saturated heterocycles. The van der Waals surface area contributed by atoms with Gasteiger partial charge in [0, 0.05) is 49.0 Å². The zero-order valence-corrected chi connectivity index (χ0v) is 11.2. The molecule has 92 valence electrons. The van der Waals surface area contributed by atoms with Crippen LogP contribution in [0.25, 0.3) is 0 Å². The van der Waals surface area contributed by atoms with Gasteiger partial charge in [0.25, 0.3) is 0 Å². The summed E-state index contributed by atoms with van der Waals surface area (Å²) in [5.74, 6) is 0. The van der Waals surface area contributed by atoms with Crippen LogP contribution in [0.3, 0.4) is 0 Å². The molecule has 0 radical (unpaired) electrons. The SMILES string of the molecule is Cl/C=C/CN1CCN(c2cccc(Cl)c2)CC1. The van der Waals surface area contributed by atoms with Crippen molar-refractivity contribution in [2.75, 3.05) is 37.6 Å². The summed E-state index contributed by atoms with van der Waals surface area (Å²) >= 11 is 11.5. The number of nitrogens with zero attached hydrogens (tertiary/aromatic N) is 2. The smallest absolute Gasteiger partial charge is 0.0426 e. The Bertz CT molecular complexity index is 385. The summed E-state index contributed by atoms with van der Waals surface area (Å²) in [6.45, 7) is 5.14. The molecular formula is C13H16Cl2N2. The van der Waals surface area contributed by atoms with Crippen molar-refractivity contribution < 1.29 is 0 Å². The van der Waals surface area contributed by atoms with Gasteiger partial charge in [-0.1, -0.05) is 35.3 Å². The normalized spacial score (nSPS) is 17.9. The van der Waals surface area contributed by atoms with E-state index in [-0.39, 0.29) is 0 Å². The minimum atomic E-state index is 0.801. The summed E-state index contributed by atoms with van der Waals surface area (Å²) in [4.78, 5) is 4.76. The molecule has 1 aromatic carbocycles. The first-order valence-corrected chi connectivity index (χ1v) is 6.59. The minimum absolute atomic E-state index is 0.801. The third kappa shape index (κ3) is 3.63. The van der Waals surface area contributed by atoms with Crippen molar-refractivity contribution >= 4 is 28.9 Å². The van der Waals surface area contributed by atoms with Gasteiger partial charge in [-0.15, -0.1) is 0 Å². The Hall–Kier alpha value is -0.700. The van der Waals surface area contributed by atoms with Crippen LogP contribution in [0.5, 0.6) is 0 Å². The summed E-state index contributed by atoms with van der Waals surface area (Å²) in [5, 5.41) is 0.801. The number of hydrogen-bond acceptors (Lipinski definition) is 2. The number of halogens is 2. The van der Waals surface area contributed by atoms with E-state index < -0.39 is 0 Å². The van der Waals surface area contributed by atoms with E-state index in [9.17, 15) is 0 Å². The van der Waals surface area contributed by atoms with Gasteiger partial charge in [0.2, 0.25) is 0 Å². The second-order valence-corrected chi connectivity index (χ2v) is 4.82. The largest absolute Gasteiger partial charge is 0.369 e. The Labute approximate surface area is 112 Å². The van der Waals surface area contributed by atoms with Crippen molar-refractivity contribution in [3.05, 3.63) is 40.9 Å². The van der Waals surface area contributed by atoms with Crippen LogP contribution < -0.4 is 4.90 Å². The van der Waals surface area contributed by atoms with Gasteiger partial charge in [-0.05, 0) is 18.2 Å². The van der Waals surface area contributed by atoms with E-state index in [1.807, 2.05) is 24.3 Å². The Morgan fingerprint density at radius 1 is 1.18 bits per heavy atom. The van der Waals surface area contributed by atoms with Gasteiger partial charge in [-0.25, -0.2) is 0 Å². The molecule has 0 N–H and O–H groups in total. The van der Waals surface area contributed by atoms with E-state index in [1.54, 1.807) is 5.54 Å². The predicted molar refractivity (Wildman–Crippen MR) is 75.1 cm³/mol. The molecule has 0 saturated carbocycles. The molecule has 0 bridgehead atoms. The molecule has 1 fully saturated rings. The maximum atomic E-state index is 6.00. The van der Waals surface area contributed by atoms with Crippen LogP contribution in [0.2, 0.25) is 5.02 Å². The molecule has 0 aromatic heterocycles. The molecule has 0 spiro atoms. The first kappa shape index (κ1) is 12.7. The zero-order chi connectivity index (χ0) is 12.1. The topological polar surface area (TPSA) is 6.48 Å². The fourth-order valence-electron chi connectivity index (χ4n) is 2.05. The maximum absolute atomic E-state index is 6.00. The summed E-state index contributed by atoms with van der Waals surface area (Å²) < 4.78 is 0. The number of anilines is 1. The summed E-state index contributed by atoms with van der Waals surface area (Å²) in [5.41, 5.74) is 2.80. The highest BCUT2D eigenvalue weighted by molar-refractivity contribution is 6.30. The Morgan fingerprint density at radius 2 is 1.94 bits per heavy atom. The van der Waals surface area contributed by atoms with Crippen molar-refractivity contribution in [1.29, 1.82) is 0 Å². The number of piperazine rings is 1. The quantitative estimate of drug-likeness (QED) is 0.833. The van der Waals surface area contributed by atoms with Gasteiger partial charge in [-0.2, -0.15) is 0 Å². The van der Waals surface area contributed by atoms with Gasteiger partial charge in [0.15, 0.2) is 0 Å². The van der Waals surface area contributed by atoms with Crippen LogP contribution in [0.1, 0.15) is 0 Å². The highest BCUT2D eigenvalue weighted by atomic mass is 35.5. The second kappa shape index (κ2) is 6.29. The molecule has 17 heavy (non-hydrogen) atoms. The van der Waals surface area contributed by atoms with Crippen LogP contribution in [0, 0.1) is 0 Å². The average molecular weight is 271 g/mol. The lowest BCUT2D eigenvalue weighted by Crippen LogP contribution is -2.46. The van der Waals surface area contributed by atoms with Crippen molar-refractivity contribution in [2.45, 2.75) is 0 Å². The van der Waals surface area contributed by atoms with E-state index in [1.165, 1.54) is 5.69 Å². The molecule has 0 atom stereocenters. The molecule has 1 heterocycles. The van der Waals surface area contributed by atoms with E-state index in [0.29, 0.717) is 0 Å². The van der Waals surface area contributed by atoms with E-state index >= 15 is 0 Å². The van der Waals surface area contributed by atoms with E-state index in [0.717, 1.165) is 37.7 Å². The fourth-order valence-corrected chi connectivity index (χ4v) is 2.31. The van der Waals surface area contributed by atoms with E-state index in [2.05, 4.69) is 15.9 Å². The Kier molecular flexibility index (Phi) is 4.72. The van der Waals surface area contributed by atoms with Crippen LogP contribution in [0.4, 0.5) is 5.69 Å². The lowest BCUT2D eigenvalue weighted by Gasteiger charge is -2.35. The van der Waals surface area contributed by atoms with Crippen LogP contribution >= 0.6 is 23.2 Å². The molecule has 2 rings (SSSR count). The van der Waals surface area contributed by atoms with Crippen LogP contribution in [-0.2, 0) is 0 Å². The first-order valence-electron chi connectivity index (χ1n) is 5.77. The van der Waals surface area contributed by atoms with E-state index in [4.69, 9.17) is 23.2 Å². The van der Waals surface area contributed by atoms with Crippen LogP contribution in [-0.4, -0.2) is 37.6 Å². The standard InChI is InChI=1S/C13H16Cl2N2/c14-5-2-6-16-7-9-17(10-8-16)13-4-1-3-12(15)11-13/h1-5,11H,6-10H2/b5-2+. The molecule has 0 amide bonds. The molecule has 4 heteroatoms. The highest BCUT2D eigenvalue weighted by Gasteiger charge is 2.16. The third-order valence-electron chi connectivity index (χ3n) is 3.00. The van der Waals surface area contributed by atoms with Crippen molar-refractivity contribution in [3.8, 4) is 0 Å². The Morgan fingerprint density at radius 3 is 2.59 bits per heavy atom. The predicted octanol–water partition coefficient (Wildman–Crippen LogP) is 3.21. The summed E-state index contributed by atoms with van der Waals surface area (Å²) in [6.07, 6.45) is 1.98. The fraction of sp³-hybridized carbons (Fsp3) is 0.385. The molecule has 0 aliphatic carbocycles. The van der Waals surface area contributed by atoms with Crippen molar-refractivity contribution in [1.82, 2.24) is 4.90 Å². The summed E-state index contributed by atoms with van der Waals surface area (Å²) in [7, 11) is 0. The number of benzene rings is 1. The lowest BCUT2D eigenvalue weighted by atomic mass is 10.2. The van der Waals surface area contributed by atoms with Gasteiger partial charge in [-0.3, -0.25) is 4.90 Å². The van der Waals surface area contributed by atoms with Gasteiger partial charge in [0.1, 0.15) is 0 Å². The van der Waals surface area contributed by atoms with Crippen LogP contribution in [0.15, 0.2) is 35.9 Å². The summed E-state index contributed by atoms with van der Waals surface area (Å²) in [6, 6.07) is 8.04. The molecular weight excluding hydrogens is 255 g/mol. The number of rotatable bonds is 3. The monoisotopic (exact) mass is 270 g/mol. The first-order chi connectivity index (χ1) is 8.29. The molecule has 1 aromatic rings.